The van der Waals surface area contributed by atoms with Crippen LogP contribution in [0.1, 0.15) is 24.1 Å². The summed E-state index contributed by atoms with van der Waals surface area (Å²) < 4.78 is 10.6. The summed E-state index contributed by atoms with van der Waals surface area (Å²) in [4.78, 5) is 13.4. The highest BCUT2D eigenvalue weighted by Gasteiger charge is 2.14. The molecule has 0 aliphatic heterocycles. The summed E-state index contributed by atoms with van der Waals surface area (Å²) in [6.07, 6.45) is 0.869. The second-order valence-electron chi connectivity index (χ2n) is 6.52. The summed E-state index contributed by atoms with van der Waals surface area (Å²) >= 11 is 0. The first-order valence-corrected chi connectivity index (χ1v) is 8.90. The van der Waals surface area contributed by atoms with Gasteiger partial charge in [-0.25, -0.2) is 0 Å². The number of likely N-dealkylation sites (N-methyl/N-ethyl adjacent to an activating group) is 1. The van der Waals surface area contributed by atoms with Gasteiger partial charge in [0.2, 0.25) is 0 Å². The minimum absolute atomic E-state index is 0.0161. The largest absolute Gasteiger partial charge is 0.493 e. The Kier molecular flexibility index (Phi) is 7.48. The quantitative estimate of drug-likeness (QED) is 0.717. The zero-order valence-electron chi connectivity index (χ0n) is 16.0. The maximum absolute atomic E-state index is 12.3. The first-order valence-electron chi connectivity index (χ1n) is 8.90. The maximum Gasteiger partial charge on any atom is 0.275 e. The van der Waals surface area contributed by atoms with Crippen LogP contribution in [0.15, 0.2) is 48.5 Å². The molecule has 1 unspecified atom stereocenters. The van der Waals surface area contributed by atoms with Crippen molar-refractivity contribution in [1.82, 2.24) is 5.32 Å². The highest BCUT2D eigenvalue weighted by molar-refractivity contribution is 5.77. The Balaban J connectivity index is 1.81. The molecule has 2 atom stereocenters. The van der Waals surface area contributed by atoms with E-state index >= 15 is 0 Å². The predicted octanol–water partition coefficient (Wildman–Crippen LogP) is 1.64. The van der Waals surface area contributed by atoms with Gasteiger partial charge in [-0.1, -0.05) is 36.4 Å². The molecule has 2 aromatic rings. The zero-order valence-corrected chi connectivity index (χ0v) is 16.0. The van der Waals surface area contributed by atoms with Crippen LogP contribution < -0.4 is 19.7 Å². The molecule has 1 amide bonds. The average Bonchev–Trinajstić information content (AvgIpc) is 2.66. The van der Waals surface area contributed by atoms with E-state index in [9.17, 15) is 4.79 Å². The molecule has 0 aliphatic carbocycles. The van der Waals surface area contributed by atoms with Gasteiger partial charge in [-0.15, -0.1) is 0 Å². The summed E-state index contributed by atoms with van der Waals surface area (Å²) in [7, 11) is 5.30. The second kappa shape index (κ2) is 9.82. The van der Waals surface area contributed by atoms with Crippen LogP contribution >= 0.6 is 0 Å². The number of nitrogens with one attached hydrogen (secondary N) is 2. The molecule has 5 heteroatoms. The lowest BCUT2D eigenvalue weighted by Crippen LogP contribution is -3.10. The highest BCUT2D eigenvalue weighted by Crippen LogP contribution is 2.27. The van der Waals surface area contributed by atoms with E-state index < -0.39 is 0 Å². The van der Waals surface area contributed by atoms with E-state index in [2.05, 4.69) is 5.32 Å². The molecule has 0 saturated heterocycles. The first kappa shape index (κ1) is 19.8. The second-order valence-corrected chi connectivity index (χ2v) is 6.52. The number of ether oxygens (including phenoxy) is 2. The highest BCUT2D eigenvalue weighted by atomic mass is 16.5. The van der Waals surface area contributed by atoms with Gasteiger partial charge in [0, 0.05) is 6.42 Å². The van der Waals surface area contributed by atoms with E-state index in [1.54, 1.807) is 14.2 Å². The van der Waals surface area contributed by atoms with Crippen LogP contribution in [-0.2, 0) is 11.2 Å². The lowest BCUT2D eigenvalue weighted by molar-refractivity contribution is -0.871. The third kappa shape index (κ3) is 5.77. The smallest absolute Gasteiger partial charge is 0.275 e. The van der Waals surface area contributed by atoms with Gasteiger partial charge in [0.15, 0.2) is 18.0 Å². The van der Waals surface area contributed by atoms with Crippen molar-refractivity contribution < 1.29 is 19.2 Å². The molecule has 5 nitrogen and oxygen atoms in total. The fourth-order valence-corrected chi connectivity index (χ4v) is 2.87. The topological polar surface area (TPSA) is 52.0 Å². The van der Waals surface area contributed by atoms with E-state index in [1.807, 2.05) is 62.5 Å². The molecule has 0 bridgehead atoms. The van der Waals surface area contributed by atoms with Crippen molar-refractivity contribution in [2.24, 2.45) is 0 Å². The number of quaternary nitrogens is 1. The van der Waals surface area contributed by atoms with Gasteiger partial charge in [0.05, 0.1) is 33.9 Å². The predicted molar refractivity (Wildman–Crippen MR) is 103 cm³/mol. The molecular formula is C21H29N2O3+. The SMILES string of the molecule is COc1ccc(CC[NH+](C)CC(=O)N[C@@H](C)c2ccccc2)cc1OC. The Hall–Kier alpha value is -2.53. The van der Waals surface area contributed by atoms with Gasteiger partial charge in [-0.3, -0.25) is 4.79 Å². The number of carbonyl (C=O) groups is 1. The van der Waals surface area contributed by atoms with Crippen molar-refractivity contribution in [3.05, 3.63) is 59.7 Å². The van der Waals surface area contributed by atoms with Gasteiger partial charge in [-0.05, 0) is 30.2 Å². The number of benzene rings is 2. The van der Waals surface area contributed by atoms with Crippen LogP contribution in [-0.4, -0.2) is 40.3 Å². The molecule has 2 rings (SSSR count). The van der Waals surface area contributed by atoms with Crippen LogP contribution in [0.3, 0.4) is 0 Å². The molecule has 0 saturated carbocycles. The molecule has 0 fully saturated rings. The number of hydrogen-bond donors (Lipinski definition) is 2. The molecule has 140 valence electrons. The van der Waals surface area contributed by atoms with Crippen molar-refractivity contribution >= 4 is 5.91 Å². The van der Waals surface area contributed by atoms with E-state index in [4.69, 9.17) is 9.47 Å². The van der Waals surface area contributed by atoms with Crippen molar-refractivity contribution in [2.45, 2.75) is 19.4 Å². The van der Waals surface area contributed by atoms with Crippen molar-refractivity contribution in [2.75, 3.05) is 34.4 Å². The van der Waals surface area contributed by atoms with Gasteiger partial charge < -0.3 is 19.7 Å². The van der Waals surface area contributed by atoms with Crippen LogP contribution in [0.2, 0.25) is 0 Å². The molecule has 0 spiro atoms. The third-order valence-electron chi connectivity index (χ3n) is 4.43. The summed E-state index contributed by atoms with van der Waals surface area (Å²) in [6, 6.07) is 16.0. The van der Waals surface area contributed by atoms with Gasteiger partial charge >= 0.3 is 0 Å². The van der Waals surface area contributed by atoms with E-state index in [-0.39, 0.29) is 11.9 Å². The Labute approximate surface area is 155 Å². The Morgan fingerprint density at radius 3 is 2.42 bits per heavy atom. The minimum atomic E-state index is 0.0161. The zero-order chi connectivity index (χ0) is 18.9. The minimum Gasteiger partial charge on any atom is -0.493 e. The lowest BCUT2D eigenvalue weighted by atomic mass is 10.1. The molecule has 0 heterocycles. The summed E-state index contributed by atoms with van der Waals surface area (Å²) in [6.45, 7) is 3.32. The van der Waals surface area contributed by atoms with Crippen LogP contribution in [0, 0.1) is 0 Å². The van der Waals surface area contributed by atoms with Gasteiger partial charge in [0.25, 0.3) is 5.91 Å². The monoisotopic (exact) mass is 357 g/mol. The van der Waals surface area contributed by atoms with E-state index in [1.165, 1.54) is 5.56 Å². The van der Waals surface area contributed by atoms with Gasteiger partial charge in [-0.2, -0.15) is 0 Å². The number of rotatable bonds is 9. The molecule has 2 aromatic carbocycles. The molecule has 0 aliphatic rings. The third-order valence-corrected chi connectivity index (χ3v) is 4.43. The lowest BCUT2D eigenvalue weighted by Gasteiger charge is -2.17. The van der Waals surface area contributed by atoms with Crippen molar-refractivity contribution in [3.8, 4) is 11.5 Å². The summed E-state index contributed by atoms with van der Waals surface area (Å²) in [5.41, 5.74) is 2.28. The number of methoxy groups -OCH3 is 2. The van der Waals surface area contributed by atoms with Gasteiger partial charge in [0.1, 0.15) is 0 Å². The molecular weight excluding hydrogens is 328 g/mol. The maximum atomic E-state index is 12.3. The van der Waals surface area contributed by atoms with Crippen LogP contribution in [0.4, 0.5) is 0 Å². The number of carbonyl (C=O) groups excluding carboxylic acids is 1. The van der Waals surface area contributed by atoms with Crippen molar-refractivity contribution in [1.29, 1.82) is 0 Å². The molecule has 0 aromatic heterocycles. The average molecular weight is 357 g/mol. The summed E-state index contributed by atoms with van der Waals surface area (Å²) in [5, 5.41) is 3.06. The fourth-order valence-electron chi connectivity index (χ4n) is 2.87. The Morgan fingerprint density at radius 2 is 1.77 bits per heavy atom. The number of hydrogen-bond acceptors (Lipinski definition) is 3. The van der Waals surface area contributed by atoms with Crippen molar-refractivity contribution in [3.63, 3.8) is 0 Å². The molecule has 0 radical (unpaired) electrons. The Bertz CT molecular complexity index is 704. The molecule has 26 heavy (non-hydrogen) atoms. The van der Waals surface area contributed by atoms with Crippen LogP contribution in [0.25, 0.3) is 0 Å². The first-order chi connectivity index (χ1) is 12.5. The Morgan fingerprint density at radius 1 is 1.08 bits per heavy atom. The van der Waals surface area contributed by atoms with E-state index in [0.29, 0.717) is 6.54 Å². The summed E-state index contributed by atoms with van der Waals surface area (Å²) in [5.74, 6) is 1.52. The standard InChI is InChI=1S/C21H28N2O3/c1-16(18-8-6-5-7-9-18)22-21(24)15-23(2)13-12-17-10-11-19(25-3)20(14-17)26-4/h5-11,14,16H,12-13,15H2,1-4H3,(H,22,24)/p+1/t16-/m0/s1. The van der Waals surface area contributed by atoms with E-state index in [0.717, 1.165) is 34.9 Å². The molecule has 2 N–H and O–H groups in total. The normalized spacial score (nSPS) is 12.9. The number of amides is 1. The van der Waals surface area contributed by atoms with Crippen LogP contribution in [0.5, 0.6) is 11.5 Å². The fraction of sp³-hybridized carbons (Fsp3) is 0.381.